The van der Waals surface area contributed by atoms with Crippen molar-refractivity contribution in [3.8, 4) is 0 Å². The highest BCUT2D eigenvalue weighted by atomic mass is 19.3. The number of carbonyl (C=O) groups is 1. The van der Waals surface area contributed by atoms with E-state index in [9.17, 15) is 18.0 Å². The SMILES string of the molecule is COC(=O)C(O)(F)C(N)CC(F)F. The number of methoxy groups -OCH3 is 1. The summed E-state index contributed by atoms with van der Waals surface area (Å²) in [5.41, 5.74) is 4.82. The number of aliphatic hydroxyl groups is 1. The molecular formula is C6H10F3NO3. The fraction of sp³-hybridized carbons (Fsp3) is 0.833. The van der Waals surface area contributed by atoms with Crippen molar-refractivity contribution in [1.82, 2.24) is 0 Å². The number of ether oxygens (including phenoxy) is 1. The third-order valence-corrected chi connectivity index (χ3v) is 1.40. The van der Waals surface area contributed by atoms with Crippen LogP contribution in [0.15, 0.2) is 0 Å². The second kappa shape index (κ2) is 4.43. The van der Waals surface area contributed by atoms with Crippen LogP contribution in [-0.4, -0.2) is 36.5 Å². The van der Waals surface area contributed by atoms with E-state index in [-0.39, 0.29) is 0 Å². The summed E-state index contributed by atoms with van der Waals surface area (Å²) in [7, 11) is 0.808. The predicted molar refractivity (Wildman–Crippen MR) is 36.7 cm³/mol. The van der Waals surface area contributed by atoms with Crippen LogP contribution in [0.3, 0.4) is 0 Å². The van der Waals surface area contributed by atoms with Gasteiger partial charge >= 0.3 is 11.8 Å². The van der Waals surface area contributed by atoms with Gasteiger partial charge in [0, 0.05) is 6.42 Å². The average molecular weight is 201 g/mol. The molecule has 0 bridgehead atoms. The lowest BCUT2D eigenvalue weighted by molar-refractivity contribution is -0.190. The van der Waals surface area contributed by atoms with Crippen LogP contribution < -0.4 is 5.73 Å². The van der Waals surface area contributed by atoms with Gasteiger partial charge in [-0.25, -0.2) is 13.6 Å². The summed E-state index contributed by atoms with van der Waals surface area (Å²) in [6.45, 7) is 0. The molecule has 2 atom stereocenters. The molecule has 0 rings (SSSR count). The molecule has 0 aromatic carbocycles. The first-order valence-corrected chi connectivity index (χ1v) is 3.35. The summed E-state index contributed by atoms with van der Waals surface area (Å²) >= 11 is 0. The minimum absolute atomic E-state index is 0.808. The van der Waals surface area contributed by atoms with E-state index in [0.717, 1.165) is 7.11 Å². The van der Waals surface area contributed by atoms with Gasteiger partial charge in [-0.05, 0) is 0 Å². The molecule has 0 amide bonds. The third kappa shape index (κ3) is 3.19. The fourth-order valence-electron chi connectivity index (χ4n) is 0.643. The Morgan fingerprint density at radius 1 is 1.69 bits per heavy atom. The zero-order chi connectivity index (χ0) is 10.6. The Hall–Kier alpha value is -0.820. The van der Waals surface area contributed by atoms with Crippen molar-refractivity contribution in [2.24, 2.45) is 5.73 Å². The lowest BCUT2D eigenvalue weighted by Gasteiger charge is -2.22. The maximum absolute atomic E-state index is 12.9. The van der Waals surface area contributed by atoms with Crippen LogP contribution >= 0.6 is 0 Å². The van der Waals surface area contributed by atoms with E-state index in [1.54, 1.807) is 0 Å². The maximum Gasteiger partial charge on any atom is 0.373 e. The molecule has 0 aromatic heterocycles. The second-order valence-electron chi connectivity index (χ2n) is 2.40. The largest absolute Gasteiger partial charge is 0.465 e. The Kier molecular flexibility index (Phi) is 4.15. The fourth-order valence-corrected chi connectivity index (χ4v) is 0.643. The van der Waals surface area contributed by atoms with Crippen LogP contribution in [0.1, 0.15) is 6.42 Å². The minimum Gasteiger partial charge on any atom is -0.465 e. The molecule has 0 aliphatic heterocycles. The average Bonchev–Trinajstić information content (AvgIpc) is 2.01. The van der Waals surface area contributed by atoms with Gasteiger partial charge in [-0.2, -0.15) is 4.39 Å². The monoisotopic (exact) mass is 201 g/mol. The smallest absolute Gasteiger partial charge is 0.373 e. The van der Waals surface area contributed by atoms with Gasteiger partial charge in [0.2, 0.25) is 6.43 Å². The van der Waals surface area contributed by atoms with Gasteiger partial charge in [-0.1, -0.05) is 0 Å². The number of hydrogen-bond acceptors (Lipinski definition) is 4. The van der Waals surface area contributed by atoms with Crippen molar-refractivity contribution in [1.29, 1.82) is 0 Å². The summed E-state index contributed by atoms with van der Waals surface area (Å²) in [5.74, 6) is -5.24. The quantitative estimate of drug-likeness (QED) is 0.618. The van der Waals surface area contributed by atoms with Crippen molar-refractivity contribution in [3.63, 3.8) is 0 Å². The molecule has 2 unspecified atom stereocenters. The van der Waals surface area contributed by atoms with Gasteiger partial charge in [-0.15, -0.1) is 0 Å². The van der Waals surface area contributed by atoms with Crippen LogP contribution in [0.2, 0.25) is 0 Å². The molecule has 3 N–H and O–H groups in total. The van der Waals surface area contributed by atoms with Crippen LogP contribution in [-0.2, 0) is 9.53 Å². The number of nitrogens with two attached hydrogens (primary N) is 1. The maximum atomic E-state index is 12.9. The summed E-state index contributed by atoms with van der Waals surface area (Å²) in [4.78, 5) is 10.5. The van der Waals surface area contributed by atoms with E-state index in [1.165, 1.54) is 0 Å². The standard InChI is InChI=1S/C6H10F3NO3/c1-13-5(11)6(9,12)3(10)2-4(7)8/h3-4,12H,2,10H2,1H3. The number of carbonyl (C=O) groups excluding carboxylic acids is 1. The molecule has 4 nitrogen and oxygen atoms in total. The van der Waals surface area contributed by atoms with E-state index in [1.807, 2.05) is 0 Å². The van der Waals surface area contributed by atoms with Crippen molar-refractivity contribution in [2.75, 3.05) is 7.11 Å². The Balaban J connectivity index is 4.35. The molecule has 0 heterocycles. The van der Waals surface area contributed by atoms with Crippen LogP contribution in [0.25, 0.3) is 0 Å². The van der Waals surface area contributed by atoms with E-state index in [0.29, 0.717) is 0 Å². The first-order chi connectivity index (χ1) is 5.82. The summed E-state index contributed by atoms with van der Waals surface area (Å²) in [5, 5.41) is 8.70. The molecule has 13 heavy (non-hydrogen) atoms. The summed E-state index contributed by atoms with van der Waals surface area (Å²) in [6.07, 6.45) is -4.02. The summed E-state index contributed by atoms with van der Waals surface area (Å²) in [6, 6.07) is -2.00. The number of halogens is 3. The number of esters is 1. The van der Waals surface area contributed by atoms with Gasteiger partial charge in [0.1, 0.15) is 0 Å². The topological polar surface area (TPSA) is 72.5 Å². The molecule has 0 aromatic rings. The zero-order valence-corrected chi connectivity index (χ0v) is 6.84. The van der Waals surface area contributed by atoms with Crippen molar-refractivity contribution in [3.05, 3.63) is 0 Å². The molecule has 0 saturated carbocycles. The predicted octanol–water partition coefficient (Wildman–Crippen LogP) is -0.200. The van der Waals surface area contributed by atoms with Crippen LogP contribution in [0.5, 0.6) is 0 Å². The van der Waals surface area contributed by atoms with E-state index < -0.39 is 30.7 Å². The second-order valence-corrected chi connectivity index (χ2v) is 2.40. The van der Waals surface area contributed by atoms with E-state index >= 15 is 0 Å². The Labute approximate surface area is 72.5 Å². The molecule has 0 aliphatic rings. The zero-order valence-electron chi connectivity index (χ0n) is 6.84. The first kappa shape index (κ1) is 12.2. The molecule has 0 aliphatic carbocycles. The highest BCUT2D eigenvalue weighted by molar-refractivity contribution is 5.78. The highest BCUT2D eigenvalue weighted by Gasteiger charge is 2.45. The van der Waals surface area contributed by atoms with E-state index in [2.05, 4.69) is 4.74 Å². The Bertz CT molecular complexity index is 186. The first-order valence-electron chi connectivity index (χ1n) is 3.35. The van der Waals surface area contributed by atoms with Crippen LogP contribution in [0, 0.1) is 0 Å². The lowest BCUT2D eigenvalue weighted by atomic mass is 10.1. The molecule has 0 saturated heterocycles. The van der Waals surface area contributed by atoms with Crippen molar-refractivity contribution in [2.45, 2.75) is 24.7 Å². The lowest BCUT2D eigenvalue weighted by Crippen LogP contribution is -2.51. The van der Waals surface area contributed by atoms with Gasteiger partial charge in [0.25, 0.3) is 0 Å². The number of rotatable bonds is 4. The Morgan fingerprint density at radius 3 is 2.46 bits per heavy atom. The van der Waals surface area contributed by atoms with Gasteiger partial charge in [0.15, 0.2) is 0 Å². The number of hydrogen-bond donors (Lipinski definition) is 2. The molecule has 7 heteroatoms. The summed E-state index contributed by atoms with van der Waals surface area (Å²) < 4.78 is 40.0. The van der Waals surface area contributed by atoms with Gasteiger partial charge < -0.3 is 15.6 Å². The molecule has 0 fully saturated rings. The molecule has 0 radical (unpaired) electrons. The van der Waals surface area contributed by atoms with E-state index in [4.69, 9.17) is 10.8 Å². The van der Waals surface area contributed by atoms with Gasteiger partial charge in [0.05, 0.1) is 13.2 Å². The third-order valence-electron chi connectivity index (χ3n) is 1.40. The van der Waals surface area contributed by atoms with Crippen LogP contribution in [0.4, 0.5) is 13.2 Å². The Morgan fingerprint density at radius 2 is 2.15 bits per heavy atom. The molecule has 78 valence electrons. The molecular weight excluding hydrogens is 191 g/mol. The minimum atomic E-state index is -3.56. The highest BCUT2D eigenvalue weighted by Crippen LogP contribution is 2.18. The van der Waals surface area contributed by atoms with Gasteiger partial charge in [-0.3, -0.25) is 0 Å². The molecule has 0 spiro atoms. The van der Waals surface area contributed by atoms with Crippen molar-refractivity contribution < 1.29 is 27.8 Å². The normalized spacial score (nSPS) is 18.1. The van der Waals surface area contributed by atoms with Crippen molar-refractivity contribution >= 4 is 5.97 Å². The number of alkyl halides is 3.